The van der Waals surface area contributed by atoms with Crippen molar-refractivity contribution in [1.82, 2.24) is 14.9 Å². The van der Waals surface area contributed by atoms with Gasteiger partial charge in [0.15, 0.2) is 5.82 Å². The Morgan fingerprint density at radius 3 is 2.95 bits per heavy atom. The van der Waals surface area contributed by atoms with E-state index >= 15 is 0 Å². The Kier molecular flexibility index (Phi) is 4.90. The average Bonchev–Trinajstić information content (AvgIpc) is 2.86. The summed E-state index contributed by atoms with van der Waals surface area (Å²) in [6.07, 6.45) is 0.875. The summed E-state index contributed by atoms with van der Waals surface area (Å²) in [5, 5.41) is 9.21. The maximum absolute atomic E-state index is 13.5. The molecule has 0 bridgehead atoms. The minimum atomic E-state index is -0.418. The first kappa shape index (κ1) is 15.4. The highest BCUT2D eigenvalue weighted by atomic mass is 19.1. The number of imidazole rings is 1. The van der Waals surface area contributed by atoms with E-state index in [2.05, 4.69) is 9.97 Å². The van der Waals surface area contributed by atoms with Crippen LogP contribution in [-0.2, 0) is 11.2 Å². The Morgan fingerprint density at radius 1 is 1.52 bits per heavy atom. The van der Waals surface area contributed by atoms with Crippen molar-refractivity contribution in [1.29, 1.82) is 0 Å². The highest BCUT2D eigenvalue weighted by molar-refractivity contribution is 5.77. The van der Waals surface area contributed by atoms with Gasteiger partial charge in [0, 0.05) is 26.4 Å². The zero-order chi connectivity index (χ0) is 15.4. The van der Waals surface area contributed by atoms with Crippen LogP contribution in [0.5, 0.6) is 0 Å². The number of hydrogen-bond acceptors (Lipinski definition) is 3. The van der Waals surface area contributed by atoms with Gasteiger partial charge in [0.2, 0.25) is 5.91 Å². The van der Waals surface area contributed by atoms with Crippen LogP contribution in [0.1, 0.15) is 25.6 Å². The van der Waals surface area contributed by atoms with Crippen LogP contribution in [0, 0.1) is 5.82 Å². The molecule has 1 aromatic carbocycles. The van der Waals surface area contributed by atoms with Crippen LogP contribution >= 0.6 is 0 Å². The number of aliphatic hydroxyl groups excluding tert-OH is 1. The van der Waals surface area contributed by atoms with Crippen LogP contribution < -0.4 is 0 Å². The molecule has 2 N–H and O–H groups in total. The number of amides is 1. The summed E-state index contributed by atoms with van der Waals surface area (Å²) in [6, 6.07) is 4.74. The summed E-state index contributed by atoms with van der Waals surface area (Å²) in [5.74, 6) is 0.222. The standard InChI is InChI=1S/C15H20FN3O2/c1-10(20)8-9-19(2)14(21)7-6-13-17-12-5-3-4-11(16)15(12)18-13/h3-5,10,20H,6-9H2,1-2H3,(H,17,18). The van der Waals surface area contributed by atoms with Crippen molar-refractivity contribution in [3.8, 4) is 0 Å². The van der Waals surface area contributed by atoms with E-state index in [9.17, 15) is 14.3 Å². The Labute approximate surface area is 122 Å². The molecule has 0 aliphatic heterocycles. The largest absolute Gasteiger partial charge is 0.393 e. The minimum Gasteiger partial charge on any atom is -0.393 e. The van der Waals surface area contributed by atoms with Crippen molar-refractivity contribution in [2.24, 2.45) is 0 Å². The summed E-state index contributed by atoms with van der Waals surface area (Å²) in [7, 11) is 1.71. The topological polar surface area (TPSA) is 69.2 Å². The molecule has 5 nitrogen and oxygen atoms in total. The third kappa shape index (κ3) is 4.01. The van der Waals surface area contributed by atoms with E-state index in [-0.39, 0.29) is 11.7 Å². The van der Waals surface area contributed by atoms with E-state index in [0.717, 1.165) is 0 Å². The van der Waals surface area contributed by atoms with Gasteiger partial charge in [-0.3, -0.25) is 4.79 Å². The number of para-hydroxylation sites is 1. The first-order valence-electron chi connectivity index (χ1n) is 7.02. The number of aryl methyl sites for hydroxylation is 1. The fourth-order valence-electron chi connectivity index (χ4n) is 2.09. The number of halogens is 1. The lowest BCUT2D eigenvalue weighted by Gasteiger charge is -2.17. The highest BCUT2D eigenvalue weighted by Gasteiger charge is 2.12. The molecular weight excluding hydrogens is 273 g/mol. The Balaban J connectivity index is 1.92. The molecule has 2 rings (SSSR count). The molecule has 1 aromatic heterocycles. The molecule has 21 heavy (non-hydrogen) atoms. The third-order valence-electron chi connectivity index (χ3n) is 3.40. The highest BCUT2D eigenvalue weighted by Crippen LogP contribution is 2.15. The van der Waals surface area contributed by atoms with Gasteiger partial charge in [-0.2, -0.15) is 0 Å². The molecule has 0 aliphatic carbocycles. The summed E-state index contributed by atoms with van der Waals surface area (Å²) in [5.41, 5.74) is 0.947. The van der Waals surface area contributed by atoms with Gasteiger partial charge >= 0.3 is 0 Å². The number of rotatable bonds is 6. The first-order chi connectivity index (χ1) is 9.97. The number of aromatic amines is 1. The molecule has 1 amide bonds. The summed E-state index contributed by atoms with van der Waals surface area (Å²) < 4.78 is 13.5. The lowest BCUT2D eigenvalue weighted by atomic mass is 10.2. The van der Waals surface area contributed by atoms with Gasteiger partial charge in [0.1, 0.15) is 11.3 Å². The number of benzene rings is 1. The molecule has 1 heterocycles. The third-order valence-corrected chi connectivity index (χ3v) is 3.40. The molecule has 2 aromatic rings. The Hall–Kier alpha value is -1.95. The number of fused-ring (bicyclic) bond motifs is 1. The first-order valence-corrected chi connectivity index (χ1v) is 7.02. The fourth-order valence-corrected chi connectivity index (χ4v) is 2.09. The Morgan fingerprint density at radius 2 is 2.29 bits per heavy atom. The number of carbonyl (C=O) groups is 1. The Bertz CT molecular complexity index is 624. The van der Waals surface area contributed by atoms with Crippen LogP contribution in [0.4, 0.5) is 4.39 Å². The maximum atomic E-state index is 13.5. The predicted molar refractivity (Wildman–Crippen MR) is 78.3 cm³/mol. The molecular formula is C15H20FN3O2. The van der Waals surface area contributed by atoms with Gasteiger partial charge in [-0.15, -0.1) is 0 Å². The van der Waals surface area contributed by atoms with Gasteiger partial charge in [-0.1, -0.05) is 6.07 Å². The number of nitrogens with one attached hydrogen (secondary N) is 1. The zero-order valence-electron chi connectivity index (χ0n) is 12.3. The molecule has 0 fully saturated rings. The molecule has 114 valence electrons. The van der Waals surface area contributed by atoms with Gasteiger partial charge in [0.05, 0.1) is 11.6 Å². The molecule has 0 saturated carbocycles. The minimum absolute atomic E-state index is 0.0171. The van der Waals surface area contributed by atoms with Crippen molar-refractivity contribution < 1.29 is 14.3 Å². The number of nitrogens with zero attached hydrogens (tertiary/aromatic N) is 2. The molecule has 0 radical (unpaired) electrons. The summed E-state index contributed by atoms with van der Waals surface area (Å²) >= 11 is 0. The van der Waals surface area contributed by atoms with Gasteiger partial charge in [-0.05, 0) is 25.5 Å². The number of aromatic nitrogens is 2. The monoisotopic (exact) mass is 293 g/mol. The molecule has 0 spiro atoms. The summed E-state index contributed by atoms with van der Waals surface area (Å²) in [6.45, 7) is 2.21. The van der Waals surface area contributed by atoms with Crippen LogP contribution in [0.25, 0.3) is 11.0 Å². The SMILES string of the molecule is CC(O)CCN(C)C(=O)CCc1nc2c(F)cccc2[nH]1. The lowest BCUT2D eigenvalue weighted by molar-refractivity contribution is -0.130. The molecule has 1 unspecified atom stereocenters. The van der Waals surface area contributed by atoms with Crippen LogP contribution in [0.3, 0.4) is 0 Å². The van der Waals surface area contributed by atoms with Crippen LogP contribution in [0.2, 0.25) is 0 Å². The maximum Gasteiger partial charge on any atom is 0.222 e. The van der Waals surface area contributed by atoms with Gasteiger partial charge < -0.3 is 15.0 Å². The number of aliphatic hydroxyl groups is 1. The van der Waals surface area contributed by atoms with Gasteiger partial charge in [-0.25, -0.2) is 9.37 Å². The quantitative estimate of drug-likeness (QED) is 0.854. The zero-order valence-corrected chi connectivity index (χ0v) is 12.3. The van der Waals surface area contributed by atoms with E-state index in [1.54, 1.807) is 31.0 Å². The van der Waals surface area contributed by atoms with Crippen LogP contribution in [-0.4, -0.2) is 45.6 Å². The van der Waals surface area contributed by atoms with E-state index in [4.69, 9.17) is 0 Å². The van der Waals surface area contributed by atoms with Crippen molar-refractivity contribution in [3.05, 3.63) is 29.8 Å². The average molecular weight is 293 g/mol. The van der Waals surface area contributed by atoms with Crippen molar-refractivity contribution in [2.45, 2.75) is 32.3 Å². The molecule has 1 atom stereocenters. The normalized spacial score (nSPS) is 12.6. The summed E-state index contributed by atoms with van der Waals surface area (Å²) in [4.78, 5) is 20.7. The molecule has 6 heteroatoms. The second kappa shape index (κ2) is 6.67. The van der Waals surface area contributed by atoms with E-state index in [0.29, 0.717) is 42.7 Å². The number of carbonyl (C=O) groups excluding carboxylic acids is 1. The second-order valence-electron chi connectivity index (χ2n) is 5.27. The van der Waals surface area contributed by atoms with E-state index in [1.807, 2.05) is 0 Å². The fraction of sp³-hybridized carbons (Fsp3) is 0.467. The second-order valence-corrected chi connectivity index (χ2v) is 5.27. The van der Waals surface area contributed by atoms with Crippen molar-refractivity contribution in [3.63, 3.8) is 0 Å². The van der Waals surface area contributed by atoms with E-state index < -0.39 is 6.10 Å². The smallest absolute Gasteiger partial charge is 0.222 e. The van der Waals surface area contributed by atoms with Crippen molar-refractivity contribution in [2.75, 3.05) is 13.6 Å². The molecule has 0 saturated heterocycles. The van der Waals surface area contributed by atoms with Crippen LogP contribution in [0.15, 0.2) is 18.2 Å². The molecule has 0 aliphatic rings. The number of H-pyrrole nitrogens is 1. The van der Waals surface area contributed by atoms with Crippen molar-refractivity contribution >= 4 is 16.9 Å². The number of hydrogen-bond donors (Lipinski definition) is 2. The predicted octanol–water partition coefficient (Wildman–Crippen LogP) is 1.86. The van der Waals surface area contributed by atoms with Gasteiger partial charge in [0.25, 0.3) is 0 Å². The van der Waals surface area contributed by atoms with E-state index in [1.165, 1.54) is 6.07 Å². The lowest BCUT2D eigenvalue weighted by Crippen LogP contribution is -2.29.